The average molecular weight is 326 g/mol. The first-order valence-electron chi connectivity index (χ1n) is 7.75. The van der Waals surface area contributed by atoms with Gasteiger partial charge in [0.25, 0.3) is 0 Å². The van der Waals surface area contributed by atoms with Crippen molar-refractivity contribution < 1.29 is 9.13 Å². The van der Waals surface area contributed by atoms with Gasteiger partial charge in [0.2, 0.25) is 0 Å². The molecule has 1 saturated carbocycles. The number of aliphatic imine (C=N–C) groups is 1. The lowest BCUT2D eigenvalue weighted by Gasteiger charge is -2.36. The van der Waals surface area contributed by atoms with Crippen LogP contribution in [-0.2, 0) is 4.74 Å². The van der Waals surface area contributed by atoms with E-state index in [1.807, 2.05) is 0 Å². The smallest absolute Gasteiger partial charge is 0.188 e. The number of hydrogen-bond donors (Lipinski definition) is 2. The molecule has 22 heavy (non-hydrogen) atoms. The van der Waals surface area contributed by atoms with E-state index in [1.165, 1.54) is 6.07 Å². The van der Waals surface area contributed by atoms with E-state index < -0.39 is 0 Å². The van der Waals surface area contributed by atoms with Crippen molar-refractivity contribution in [2.45, 2.75) is 43.7 Å². The van der Waals surface area contributed by atoms with Crippen LogP contribution >= 0.6 is 11.6 Å². The Labute approximate surface area is 134 Å². The van der Waals surface area contributed by atoms with Gasteiger partial charge in [-0.25, -0.2) is 4.39 Å². The van der Waals surface area contributed by atoms with Gasteiger partial charge < -0.3 is 15.8 Å². The molecule has 2 aliphatic rings. The topological polar surface area (TPSA) is 59.6 Å². The number of guanidine groups is 1. The third-order valence-electron chi connectivity index (χ3n) is 4.39. The summed E-state index contributed by atoms with van der Waals surface area (Å²) in [6.45, 7) is 1.46. The highest BCUT2D eigenvalue weighted by Crippen LogP contribution is 2.37. The SMILES string of the molecule is NC(=NCC1CCCO1)NC1CC(c2ccc(F)c(Cl)c2)C1. The third-order valence-corrected chi connectivity index (χ3v) is 4.68. The van der Waals surface area contributed by atoms with Gasteiger partial charge in [0.05, 0.1) is 17.7 Å². The first kappa shape index (κ1) is 15.6. The third kappa shape index (κ3) is 3.70. The second-order valence-corrected chi connectivity index (χ2v) is 6.45. The second kappa shape index (κ2) is 6.84. The molecule has 1 unspecified atom stereocenters. The Morgan fingerprint density at radius 1 is 1.45 bits per heavy atom. The van der Waals surface area contributed by atoms with Crippen molar-refractivity contribution in [3.63, 3.8) is 0 Å². The molecule has 1 aromatic carbocycles. The quantitative estimate of drug-likeness (QED) is 0.661. The van der Waals surface area contributed by atoms with Crippen molar-refractivity contribution in [1.82, 2.24) is 5.32 Å². The molecule has 1 aliphatic carbocycles. The van der Waals surface area contributed by atoms with Crippen LogP contribution in [0.3, 0.4) is 0 Å². The molecule has 1 heterocycles. The van der Waals surface area contributed by atoms with E-state index in [0.29, 0.717) is 24.5 Å². The van der Waals surface area contributed by atoms with Crippen molar-refractivity contribution in [3.8, 4) is 0 Å². The number of benzene rings is 1. The van der Waals surface area contributed by atoms with Crippen LogP contribution < -0.4 is 11.1 Å². The maximum atomic E-state index is 13.2. The fraction of sp³-hybridized carbons (Fsp3) is 0.562. The lowest BCUT2D eigenvalue weighted by atomic mass is 9.76. The number of rotatable bonds is 4. The Bertz CT molecular complexity index is 554. The Hall–Kier alpha value is -1.33. The van der Waals surface area contributed by atoms with Crippen LogP contribution in [0.2, 0.25) is 5.02 Å². The molecule has 6 heteroatoms. The number of ether oxygens (including phenoxy) is 1. The van der Waals surface area contributed by atoms with Gasteiger partial charge in [-0.05, 0) is 49.3 Å². The number of nitrogens with zero attached hydrogens (tertiary/aromatic N) is 1. The number of nitrogens with two attached hydrogens (primary N) is 1. The van der Waals surface area contributed by atoms with Crippen LogP contribution in [0.25, 0.3) is 0 Å². The van der Waals surface area contributed by atoms with Crippen LogP contribution in [0.1, 0.15) is 37.2 Å². The van der Waals surface area contributed by atoms with Gasteiger partial charge in [0.15, 0.2) is 5.96 Å². The number of halogens is 2. The van der Waals surface area contributed by atoms with E-state index in [4.69, 9.17) is 22.1 Å². The Balaban J connectivity index is 1.44. The fourth-order valence-corrected chi connectivity index (χ4v) is 3.21. The summed E-state index contributed by atoms with van der Waals surface area (Å²) in [5, 5.41) is 3.42. The highest BCUT2D eigenvalue weighted by Gasteiger charge is 2.31. The maximum absolute atomic E-state index is 13.2. The predicted octanol–water partition coefficient (Wildman–Crippen LogP) is 2.81. The summed E-state index contributed by atoms with van der Waals surface area (Å²) in [6, 6.07) is 5.27. The molecule has 0 bridgehead atoms. The summed E-state index contributed by atoms with van der Waals surface area (Å²) in [6.07, 6.45) is 4.30. The monoisotopic (exact) mass is 325 g/mol. The summed E-state index contributed by atoms with van der Waals surface area (Å²) in [5.41, 5.74) is 6.99. The fourth-order valence-electron chi connectivity index (χ4n) is 3.02. The average Bonchev–Trinajstić information content (AvgIpc) is 2.97. The Morgan fingerprint density at radius 3 is 2.95 bits per heavy atom. The van der Waals surface area contributed by atoms with Crippen LogP contribution in [0, 0.1) is 5.82 Å². The predicted molar refractivity (Wildman–Crippen MR) is 85.8 cm³/mol. The van der Waals surface area contributed by atoms with Crippen molar-refractivity contribution in [2.75, 3.05) is 13.2 Å². The molecule has 1 atom stereocenters. The summed E-state index contributed by atoms with van der Waals surface area (Å²) >= 11 is 5.82. The van der Waals surface area contributed by atoms with E-state index in [-0.39, 0.29) is 16.9 Å². The minimum Gasteiger partial charge on any atom is -0.376 e. The summed E-state index contributed by atoms with van der Waals surface area (Å²) in [5.74, 6) is 0.516. The summed E-state index contributed by atoms with van der Waals surface area (Å²) < 4.78 is 18.7. The zero-order chi connectivity index (χ0) is 15.5. The molecular formula is C16H21ClFN3O. The van der Waals surface area contributed by atoms with Gasteiger partial charge in [-0.3, -0.25) is 4.99 Å². The van der Waals surface area contributed by atoms with Crippen LogP contribution in [0.15, 0.2) is 23.2 Å². The minimum absolute atomic E-state index is 0.187. The van der Waals surface area contributed by atoms with E-state index in [2.05, 4.69) is 10.3 Å². The zero-order valence-corrected chi connectivity index (χ0v) is 13.2. The molecule has 3 N–H and O–H groups in total. The lowest BCUT2D eigenvalue weighted by molar-refractivity contribution is 0.117. The molecule has 0 radical (unpaired) electrons. The van der Waals surface area contributed by atoms with Gasteiger partial charge in [-0.1, -0.05) is 17.7 Å². The molecule has 1 saturated heterocycles. The van der Waals surface area contributed by atoms with Crippen molar-refractivity contribution >= 4 is 17.6 Å². The van der Waals surface area contributed by atoms with Gasteiger partial charge in [0.1, 0.15) is 5.82 Å². The second-order valence-electron chi connectivity index (χ2n) is 6.04. The first-order chi connectivity index (χ1) is 10.6. The molecule has 1 aliphatic heterocycles. The van der Waals surface area contributed by atoms with Crippen molar-refractivity contribution in [3.05, 3.63) is 34.6 Å². The highest BCUT2D eigenvalue weighted by atomic mass is 35.5. The van der Waals surface area contributed by atoms with Gasteiger partial charge in [-0.15, -0.1) is 0 Å². The van der Waals surface area contributed by atoms with Crippen molar-refractivity contribution in [1.29, 1.82) is 0 Å². The number of hydrogen-bond acceptors (Lipinski definition) is 2. The van der Waals surface area contributed by atoms with E-state index in [0.717, 1.165) is 37.9 Å². The molecule has 120 valence electrons. The molecule has 2 fully saturated rings. The molecule has 1 aromatic rings. The maximum Gasteiger partial charge on any atom is 0.188 e. The van der Waals surface area contributed by atoms with E-state index in [9.17, 15) is 4.39 Å². The van der Waals surface area contributed by atoms with E-state index in [1.54, 1.807) is 12.1 Å². The zero-order valence-electron chi connectivity index (χ0n) is 12.4. The van der Waals surface area contributed by atoms with Crippen LogP contribution in [0.4, 0.5) is 4.39 Å². The van der Waals surface area contributed by atoms with Gasteiger partial charge >= 0.3 is 0 Å². The number of nitrogens with one attached hydrogen (secondary N) is 1. The molecule has 3 rings (SSSR count). The molecule has 4 nitrogen and oxygen atoms in total. The molecule has 0 aromatic heterocycles. The Kier molecular flexibility index (Phi) is 4.84. The normalized spacial score (nSPS) is 28.5. The molecular weight excluding hydrogens is 305 g/mol. The largest absolute Gasteiger partial charge is 0.376 e. The standard InChI is InChI=1S/C16H21ClFN3O/c17-14-8-10(3-4-15(14)18)11-6-12(7-11)21-16(19)20-9-13-2-1-5-22-13/h3-4,8,11-13H,1-2,5-7,9H2,(H3,19,20,21). The van der Waals surface area contributed by atoms with Crippen LogP contribution in [-0.4, -0.2) is 31.3 Å². The van der Waals surface area contributed by atoms with E-state index >= 15 is 0 Å². The minimum atomic E-state index is -0.370. The van der Waals surface area contributed by atoms with Crippen molar-refractivity contribution in [2.24, 2.45) is 10.7 Å². The van der Waals surface area contributed by atoms with Crippen LogP contribution in [0.5, 0.6) is 0 Å². The first-order valence-corrected chi connectivity index (χ1v) is 8.12. The summed E-state index contributed by atoms with van der Waals surface area (Å²) in [4.78, 5) is 4.34. The molecule has 0 spiro atoms. The summed E-state index contributed by atoms with van der Waals surface area (Å²) in [7, 11) is 0. The lowest BCUT2D eigenvalue weighted by Crippen LogP contribution is -2.46. The molecule has 0 amide bonds. The van der Waals surface area contributed by atoms with Gasteiger partial charge in [-0.2, -0.15) is 0 Å². The van der Waals surface area contributed by atoms with Gasteiger partial charge in [0, 0.05) is 12.6 Å². The highest BCUT2D eigenvalue weighted by molar-refractivity contribution is 6.30. The Morgan fingerprint density at radius 2 is 2.27 bits per heavy atom.